The summed E-state index contributed by atoms with van der Waals surface area (Å²) in [6, 6.07) is 12.6. The molecule has 31 heavy (non-hydrogen) atoms. The summed E-state index contributed by atoms with van der Waals surface area (Å²) in [5.41, 5.74) is 3.68. The molecule has 2 aromatic rings. The van der Waals surface area contributed by atoms with E-state index in [0.717, 1.165) is 30.4 Å². The summed E-state index contributed by atoms with van der Waals surface area (Å²) in [6.45, 7) is 2.01. The molecule has 0 fully saturated rings. The van der Waals surface area contributed by atoms with Gasteiger partial charge in [0.25, 0.3) is 10.0 Å². The first kappa shape index (κ1) is 21.4. The summed E-state index contributed by atoms with van der Waals surface area (Å²) in [7, 11) is -2.46. The fourth-order valence-corrected chi connectivity index (χ4v) is 5.71. The van der Waals surface area contributed by atoms with Crippen LogP contribution in [-0.2, 0) is 19.6 Å². The molecule has 0 bridgehead atoms. The van der Waals surface area contributed by atoms with Crippen LogP contribution in [0, 0.1) is 6.92 Å². The van der Waals surface area contributed by atoms with Crippen molar-refractivity contribution in [3.05, 3.63) is 59.7 Å². The largest absolute Gasteiger partial charge is 0.486 e. The highest BCUT2D eigenvalue weighted by Crippen LogP contribution is 2.41. The Hall–Kier alpha value is -2.80. The van der Waals surface area contributed by atoms with Gasteiger partial charge in [0.15, 0.2) is 0 Å². The van der Waals surface area contributed by atoms with E-state index < -0.39 is 16.1 Å². The molecule has 2 aromatic carbocycles. The molecule has 164 valence electrons. The zero-order valence-corrected chi connectivity index (χ0v) is 18.7. The number of fused-ring (bicyclic) bond motifs is 1. The Kier molecular flexibility index (Phi) is 6.05. The van der Waals surface area contributed by atoms with Crippen molar-refractivity contribution in [2.45, 2.75) is 50.0 Å². The second kappa shape index (κ2) is 8.75. The molecule has 6 nitrogen and oxygen atoms in total. The highest BCUT2D eigenvalue weighted by Gasteiger charge is 2.35. The molecule has 0 saturated carbocycles. The van der Waals surface area contributed by atoms with Crippen molar-refractivity contribution in [1.82, 2.24) is 0 Å². The third-order valence-electron chi connectivity index (χ3n) is 5.78. The van der Waals surface area contributed by atoms with Crippen LogP contribution in [0.2, 0.25) is 0 Å². The molecule has 2 aliphatic rings. The van der Waals surface area contributed by atoms with Gasteiger partial charge in [-0.2, -0.15) is 0 Å². The smallest absolute Gasteiger partial charge is 0.305 e. The number of ether oxygens (including phenoxy) is 2. The van der Waals surface area contributed by atoms with Crippen LogP contribution in [0.15, 0.2) is 53.4 Å². The molecule has 0 spiro atoms. The number of rotatable bonds is 6. The Labute approximate surface area is 183 Å². The molecule has 0 N–H and O–H groups in total. The van der Waals surface area contributed by atoms with Crippen molar-refractivity contribution < 1.29 is 22.7 Å². The maximum Gasteiger partial charge on any atom is 0.305 e. The molecule has 1 aliphatic heterocycles. The van der Waals surface area contributed by atoms with Crippen molar-refractivity contribution in [1.29, 1.82) is 0 Å². The van der Waals surface area contributed by atoms with Crippen LogP contribution < -0.4 is 9.04 Å². The Bertz CT molecular complexity index is 1120. The van der Waals surface area contributed by atoms with E-state index in [4.69, 9.17) is 9.47 Å². The molecule has 0 saturated heterocycles. The molecule has 7 heteroatoms. The number of esters is 1. The van der Waals surface area contributed by atoms with E-state index in [0.29, 0.717) is 17.9 Å². The summed E-state index contributed by atoms with van der Waals surface area (Å²) >= 11 is 0. The van der Waals surface area contributed by atoms with E-state index in [9.17, 15) is 13.2 Å². The van der Waals surface area contributed by atoms with E-state index >= 15 is 0 Å². The molecule has 0 radical (unpaired) electrons. The van der Waals surface area contributed by atoms with Crippen molar-refractivity contribution in [3.63, 3.8) is 0 Å². The number of carbonyl (C=O) groups is 1. The lowest BCUT2D eigenvalue weighted by Gasteiger charge is -2.36. The second-order valence-corrected chi connectivity index (χ2v) is 9.87. The fraction of sp³-hybridized carbons (Fsp3) is 0.375. The molecule has 0 aromatic heterocycles. The summed E-state index contributed by atoms with van der Waals surface area (Å²) < 4.78 is 39.5. The van der Waals surface area contributed by atoms with Crippen molar-refractivity contribution in [3.8, 4) is 5.75 Å². The molecular formula is C24H27NO5S. The Morgan fingerprint density at radius 1 is 1.23 bits per heavy atom. The van der Waals surface area contributed by atoms with Crippen molar-refractivity contribution in [2.24, 2.45) is 0 Å². The minimum Gasteiger partial charge on any atom is -0.486 e. The number of anilines is 1. The molecule has 1 atom stereocenters. The van der Waals surface area contributed by atoms with E-state index in [1.807, 2.05) is 31.2 Å². The van der Waals surface area contributed by atoms with E-state index in [1.165, 1.54) is 17.0 Å². The normalized spacial score (nSPS) is 18.2. The summed E-state index contributed by atoms with van der Waals surface area (Å²) in [5, 5.41) is 0. The minimum absolute atomic E-state index is 0.142. The van der Waals surface area contributed by atoms with Crippen LogP contribution in [-0.4, -0.2) is 34.1 Å². The predicted molar refractivity (Wildman–Crippen MR) is 120 cm³/mol. The van der Waals surface area contributed by atoms with Gasteiger partial charge in [0.2, 0.25) is 0 Å². The monoisotopic (exact) mass is 441 g/mol. The molecule has 4 rings (SSSR count). The fourth-order valence-electron chi connectivity index (χ4n) is 4.11. The van der Waals surface area contributed by atoms with Gasteiger partial charge in [-0.25, -0.2) is 8.42 Å². The lowest BCUT2D eigenvalue weighted by atomic mass is 10.0. The number of hydrogen-bond acceptors (Lipinski definition) is 5. The lowest BCUT2D eigenvalue weighted by Crippen LogP contribution is -2.43. The average Bonchev–Trinajstić information content (AvgIpc) is 3.31. The van der Waals surface area contributed by atoms with Gasteiger partial charge in [0.05, 0.1) is 24.2 Å². The number of allylic oxidation sites excluding steroid dienone is 2. The minimum atomic E-state index is -3.80. The van der Waals surface area contributed by atoms with Gasteiger partial charge in [-0.05, 0) is 73.6 Å². The molecule has 0 unspecified atom stereocenters. The zero-order valence-electron chi connectivity index (χ0n) is 17.8. The Morgan fingerprint density at radius 3 is 2.77 bits per heavy atom. The van der Waals surface area contributed by atoms with Gasteiger partial charge >= 0.3 is 5.97 Å². The average molecular weight is 442 g/mol. The molecule has 0 amide bonds. The first-order valence-electron chi connectivity index (χ1n) is 10.5. The van der Waals surface area contributed by atoms with Crippen molar-refractivity contribution >= 4 is 27.3 Å². The Balaban J connectivity index is 1.74. The van der Waals surface area contributed by atoms with Crippen LogP contribution >= 0.6 is 0 Å². The number of aryl methyl sites for hydroxylation is 1. The highest BCUT2D eigenvalue weighted by atomic mass is 32.2. The van der Waals surface area contributed by atoms with Crippen LogP contribution in [0.3, 0.4) is 0 Å². The number of sulfonamides is 1. The number of hydrogen-bond donors (Lipinski definition) is 0. The van der Waals surface area contributed by atoms with Gasteiger partial charge in [-0.3, -0.25) is 9.10 Å². The van der Waals surface area contributed by atoms with Crippen LogP contribution in [0.4, 0.5) is 5.69 Å². The zero-order chi connectivity index (χ0) is 22.0. The summed E-state index contributed by atoms with van der Waals surface area (Å²) in [5.74, 6) is 0.172. The Morgan fingerprint density at radius 2 is 2.06 bits per heavy atom. The first-order valence-corrected chi connectivity index (χ1v) is 12.0. The van der Waals surface area contributed by atoms with E-state index in [1.54, 1.807) is 18.2 Å². The van der Waals surface area contributed by atoms with Crippen molar-refractivity contribution in [2.75, 3.05) is 18.0 Å². The molecule has 1 heterocycles. The van der Waals surface area contributed by atoms with Crippen LogP contribution in [0.5, 0.6) is 5.75 Å². The van der Waals surface area contributed by atoms with Gasteiger partial charge in [-0.15, -0.1) is 0 Å². The third-order valence-corrected chi connectivity index (χ3v) is 7.55. The van der Waals surface area contributed by atoms with Gasteiger partial charge < -0.3 is 9.47 Å². The topological polar surface area (TPSA) is 72.9 Å². The maximum atomic E-state index is 13.6. The quantitative estimate of drug-likeness (QED) is 0.619. The molecule has 1 aliphatic carbocycles. The predicted octanol–water partition coefficient (Wildman–Crippen LogP) is 4.47. The summed E-state index contributed by atoms with van der Waals surface area (Å²) in [6.07, 6.45) is 5.46. The maximum absolute atomic E-state index is 13.6. The molecular weight excluding hydrogens is 414 g/mol. The van der Waals surface area contributed by atoms with Gasteiger partial charge in [0, 0.05) is 6.42 Å². The SMILES string of the molecule is COC(=O)CC[C@H]1CN(S(=O)(=O)c2cccc(C)c2)c2cc(C3=CCCC3)ccc2O1. The lowest BCUT2D eigenvalue weighted by molar-refractivity contribution is -0.141. The van der Waals surface area contributed by atoms with Gasteiger partial charge in [-0.1, -0.05) is 24.3 Å². The summed E-state index contributed by atoms with van der Waals surface area (Å²) in [4.78, 5) is 11.9. The van der Waals surface area contributed by atoms with E-state index in [2.05, 4.69) is 6.08 Å². The van der Waals surface area contributed by atoms with Crippen LogP contribution in [0.1, 0.15) is 43.2 Å². The number of methoxy groups -OCH3 is 1. The second-order valence-electron chi connectivity index (χ2n) is 8.01. The first-order chi connectivity index (χ1) is 14.9. The van der Waals surface area contributed by atoms with Crippen LogP contribution in [0.25, 0.3) is 5.57 Å². The highest BCUT2D eigenvalue weighted by molar-refractivity contribution is 7.92. The van der Waals surface area contributed by atoms with E-state index in [-0.39, 0.29) is 23.8 Å². The van der Waals surface area contributed by atoms with Gasteiger partial charge in [0.1, 0.15) is 11.9 Å². The third kappa shape index (κ3) is 4.46. The number of benzene rings is 2. The number of nitrogens with zero attached hydrogens (tertiary/aromatic N) is 1. The standard InChI is InChI=1S/C24H27NO5S/c1-17-6-5-9-21(14-17)31(27,28)25-16-20(11-13-24(26)29-2)30-23-12-10-19(15-22(23)25)18-7-3-4-8-18/h5-7,9-10,12,14-15,20H,3-4,8,11,13,16H2,1-2H3/t20-/m0/s1. The number of carbonyl (C=O) groups excluding carboxylic acids is 1.